The molecule has 2 aromatic rings. The molecule has 0 unspecified atom stereocenters. The lowest BCUT2D eigenvalue weighted by Gasteiger charge is -2.18. The highest BCUT2D eigenvalue weighted by atomic mass is 35.5. The molecule has 2 heterocycles. The number of aromatic nitrogens is 4. The fraction of sp³-hybridized carbons (Fsp3) is 0.400. The van der Waals surface area contributed by atoms with Gasteiger partial charge >= 0.3 is 0 Å². The van der Waals surface area contributed by atoms with Crippen molar-refractivity contribution in [1.82, 2.24) is 24.7 Å². The van der Waals surface area contributed by atoms with Crippen molar-refractivity contribution in [1.29, 1.82) is 0 Å². The SMILES string of the molecule is CCN(CC)C(=O)c1cc2nnc(N)n2nc1Cl. The molecule has 0 atom stereocenters. The van der Waals surface area contributed by atoms with E-state index in [9.17, 15) is 4.79 Å². The van der Waals surface area contributed by atoms with E-state index in [1.54, 1.807) is 11.0 Å². The summed E-state index contributed by atoms with van der Waals surface area (Å²) >= 11 is 5.99. The van der Waals surface area contributed by atoms with Crippen LogP contribution in [0.5, 0.6) is 0 Å². The van der Waals surface area contributed by atoms with Gasteiger partial charge in [-0.25, -0.2) is 0 Å². The number of hydrogen-bond donors (Lipinski definition) is 1. The smallest absolute Gasteiger partial charge is 0.257 e. The third kappa shape index (κ3) is 1.97. The Labute approximate surface area is 109 Å². The summed E-state index contributed by atoms with van der Waals surface area (Å²) in [5.41, 5.74) is 6.26. The zero-order valence-electron chi connectivity index (χ0n) is 10.1. The Hall–Kier alpha value is -1.89. The number of halogens is 1. The van der Waals surface area contributed by atoms with Gasteiger partial charge in [-0.05, 0) is 13.8 Å². The maximum atomic E-state index is 12.2. The molecule has 2 aromatic heterocycles. The van der Waals surface area contributed by atoms with E-state index in [0.717, 1.165) is 0 Å². The number of carbonyl (C=O) groups excluding carboxylic acids is 1. The van der Waals surface area contributed by atoms with E-state index in [4.69, 9.17) is 17.3 Å². The number of amides is 1. The topological polar surface area (TPSA) is 89.4 Å². The van der Waals surface area contributed by atoms with Crippen LogP contribution in [0.15, 0.2) is 6.07 Å². The lowest BCUT2D eigenvalue weighted by molar-refractivity contribution is 0.0772. The summed E-state index contributed by atoms with van der Waals surface area (Å²) in [4.78, 5) is 13.8. The van der Waals surface area contributed by atoms with E-state index in [1.807, 2.05) is 13.8 Å². The molecule has 0 saturated heterocycles. The minimum Gasteiger partial charge on any atom is -0.366 e. The van der Waals surface area contributed by atoms with Crippen LogP contribution < -0.4 is 5.73 Å². The first-order valence-corrected chi connectivity index (χ1v) is 5.93. The van der Waals surface area contributed by atoms with Crippen molar-refractivity contribution >= 4 is 29.1 Å². The number of nitrogens with zero attached hydrogens (tertiary/aromatic N) is 5. The van der Waals surface area contributed by atoms with Crippen LogP contribution in [0.4, 0.5) is 5.95 Å². The zero-order chi connectivity index (χ0) is 13.3. The third-order valence-electron chi connectivity index (χ3n) is 2.65. The van der Waals surface area contributed by atoms with Crippen LogP contribution >= 0.6 is 11.6 Å². The lowest BCUT2D eigenvalue weighted by Crippen LogP contribution is -2.31. The number of rotatable bonds is 3. The molecule has 0 bridgehead atoms. The number of nitrogens with two attached hydrogens (primary N) is 1. The molecule has 1 amide bonds. The van der Waals surface area contributed by atoms with Gasteiger partial charge < -0.3 is 10.6 Å². The predicted octanol–water partition coefficient (Wildman–Crippen LogP) is 0.842. The first-order chi connectivity index (χ1) is 8.58. The third-order valence-corrected chi connectivity index (χ3v) is 2.93. The lowest BCUT2D eigenvalue weighted by atomic mass is 10.2. The van der Waals surface area contributed by atoms with Crippen LogP contribution in [-0.4, -0.2) is 43.7 Å². The number of anilines is 1. The van der Waals surface area contributed by atoms with E-state index < -0.39 is 0 Å². The number of fused-ring (bicyclic) bond motifs is 1. The van der Waals surface area contributed by atoms with Crippen molar-refractivity contribution in [3.63, 3.8) is 0 Å². The van der Waals surface area contributed by atoms with Gasteiger partial charge in [0.1, 0.15) is 0 Å². The summed E-state index contributed by atoms with van der Waals surface area (Å²) in [6.45, 7) is 5.00. The van der Waals surface area contributed by atoms with Crippen molar-refractivity contribution in [3.8, 4) is 0 Å². The molecule has 0 fully saturated rings. The summed E-state index contributed by atoms with van der Waals surface area (Å²) in [7, 11) is 0. The minimum atomic E-state index is -0.179. The summed E-state index contributed by atoms with van der Waals surface area (Å²) in [5, 5.41) is 11.6. The zero-order valence-corrected chi connectivity index (χ0v) is 10.8. The molecule has 0 aliphatic carbocycles. The van der Waals surface area contributed by atoms with Gasteiger partial charge in [0.2, 0.25) is 5.95 Å². The Morgan fingerprint density at radius 1 is 1.44 bits per heavy atom. The second-order valence-electron chi connectivity index (χ2n) is 3.65. The first-order valence-electron chi connectivity index (χ1n) is 5.55. The quantitative estimate of drug-likeness (QED) is 0.891. The molecule has 0 radical (unpaired) electrons. The second kappa shape index (κ2) is 4.77. The molecule has 7 nitrogen and oxygen atoms in total. The molecule has 0 spiro atoms. The maximum Gasteiger partial charge on any atom is 0.257 e. The molecule has 96 valence electrons. The molecular weight excluding hydrogens is 256 g/mol. The normalized spacial score (nSPS) is 10.8. The highest BCUT2D eigenvalue weighted by Crippen LogP contribution is 2.17. The number of nitrogen functional groups attached to an aromatic ring is 1. The molecule has 0 aromatic carbocycles. The van der Waals surface area contributed by atoms with Gasteiger partial charge in [0.25, 0.3) is 5.91 Å². The first kappa shape index (κ1) is 12.6. The summed E-state index contributed by atoms with van der Waals surface area (Å²) in [6, 6.07) is 1.54. The van der Waals surface area contributed by atoms with Crippen LogP contribution in [0.3, 0.4) is 0 Å². The van der Waals surface area contributed by atoms with E-state index in [1.165, 1.54) is 4.52 Å². The second-order valence-corrected chi connectivity index (χ2v) is 4.01. The van der Waals surface area contributed by atoms with E-state index in [2.05, 4.69) is 15.3 Å². The van der Waals surface area contributed by atoms with Crippen molar-refractivity contribution in [2.24, 2.45) is 0 Å². The van der Waals surface area contributed by atoms with Gasteiger partial charge in [-0.2, -0.15) is 9.61 Å². The molecule has 2 N–H and O–H groups in total. The Morgan fingerprint density at radius 2 is 2.11 bits per heavy atom. The van der Waals surface area contributed by atoms with Crippen LogP contribution in [0.2, 0.25) is 5.15 Å². The average molecular weight is 269 g/mol. The van der Waals surface area contributed by atoms with Crippen LogP contribution in [0.25, 0.3) is 5.65 Å². The Bertz CT molecular complexity index is 591. The van der Waals surface area contributed by atoms with Crippen molar-refractivity contribution in [2.45, 2.75) is 13.8 Å². The highest BCUT2D eigenvalue weighted by molar-refractivity contribution is 6.32. The van der Waals surface area contributed by atoms with Crippen molar-refractivity contribution in [3.05, 3.63) is 16.8 Å². The molecule has 8 heteroatoms. The number of carbonyl (C=O) groups is 1. The van der Waals surface area contributed by atoms with Gasteiger partial charge in [0, 0.05) is 19.2 Å². The van der Waals surface area contributed by atoms with Gasteiger partial charge in [-0.15, -0.1) is 10.2 Å². The standard InChI is InChI=1S/C10H13ClN6O/c1-3-16(4-2)9(18)6-5-7-13-14-10(12)17(7)15-8(6)11/h5H,3-4H2,1-2H3,(H2,12,14). The molecule has 18 heavy (non-hydrogen) atoms. The van der Waals surface area contributed by atoms with Crippen LogP contribution in [0, 0.1) is 0 Å². The monoisotopic (exact) mass is 268 g/mol. The predicted molar refractivity (Wildman–Crippen MR) is 67.5 cm³/mol. The van der Waals surface area contributed by atoms with Gasteiger partial charge in [-0.3, -0.25) is 4.79 Å². The van der Waals surface area contributed by atoms with E-state index in [0.29, 0.717) is 24.3 Å². The van der Waals surface area contributed by atoms with Crippen LogP contribution in [-0.2, 0) is 0 Å². The highest BCUT2D eigenvalue weighted by Gasteiger charge is 2.19. The maximum absolute atomic E-state index is 12.2. The fourth-order valence-corrected chi connectivity index (χ4v) is 1.87. The minimum absolute atomic E-state index is 0.0888. The Morgan fingerprint density at radius 3 is 2.72 bits per heavy atom. The molecule has 0 saturated carbocycles. The fourth-order valence-electron chi connectivity index (χ4n) is 1.66. The van der Waals surface area contributed by atoms with E-state index >= 15 is 0 Å². The van der Waals surface area contributed by atoms with Crippen LogP contribution in [0.1, 0.15) is 24.2 Å². The summed E-state index contributed by atoms with van der Waals surface area (Å²) in [6.07, 6.45) is 0. The molecule has 2 rings (SSSR count). The van der Waals surface area contributed by atoms with Gasteiger partial charge in [0.15, 0.2) is 10.8 Å². The Kier molecular flexibility index (Phi) is 3.33. The van der Waals surface area contributed by atoms with Gasteiger partial charge in [-0.1, -0.05) is 11.6 Å². The average Bonchev–Trinajstić information content (AvgIpc) is 2.71. The molecule has 0 aliphatic heterocycles. The van der Waals surface area contributed by atoms with Crippen molar-refractivity contribution < 1.29 is 4.79 Å². The largest absolute Gasteiger partial charge is 0.366 e. The molecule has 0 aliphatic rings. The summed E-state index contributed by atoms with van der Waals surface area (Å²) < 4.78 is 1.29. The molecular formula is C10H13ClN6O. The van der Waals surface area contributed by atoms with Gasteiger partial charge in [0.05, 0.1) is 5.56 Å². The Balaban J connectivity index is 2.51. The number of hydrogen-bond acceptors (Lipinski definition) is 5. The summed E-state index contributed by atoms with van der Waals surface area (Å²) in [5.74, 6) is -0.0460. The van der Waals surface area contributed by atoms with Crippen molar-refractivity contribution in [2.75, 3.05) is 18.8 Å². The van der Waals surface area contributed by atoms with E-state index in [-0.39, 0.29) is 17.0 Å².